The van der Waals surface area contributed by atoms with Gasteiger partial charge in [0, 0.05) is 6.04 Å². The second-order valence-corrected chi connectivity index (χ2v) is 8.56. The van der Waals surface area contributed by atoms with E-state index in [4.69, 9.17) is 0 Å². The molecule has 2 heteroatoms. The Bertz CT molecular complexity index is 368. The first-order valence-corrected chi connectivity index (χ1v) is 10.9. The number of rotatable bonds is 9. The Morgan fingerprint density at radius 3 is 2.17 bits per heavy atom. The van der Waals surface area contributed by atoms with Crippen LogP contribution in [-0.2, 0) is 0 Å². The molecular weight excluding hydrogens is 292 g/mol. The molecule has 0 spiro atoms. The van der Waals surface area contributed by atoms with Gasteiger partial charge in [0.2, 0.25) is 0 Å². The van der Waals surface area contributed by atoms with Gasteiger partial charge in [0.05, 0.1) is 11.5 Å². The van der Waals surface area contributed by atoms with Crippen LogP contribution in [0.2, 0.25) is 0 Å². The summed E-state index contributed by atoms with van der Waals surface area (Å²) >= 11 is 0. The zero-order valence-electron chi connectivity index (χ0n) is 16.4. The normalized spacial score (nSPS) is 29.5. The molecule has 0 aromatic heterocycles. The van der Waals surface area contributed by atoms with E-state index >= 15 is 0 Å². The van der Waals surface area contributed by atoms with Crippen molar-refractivity contribution >= 4 is 0 Å². The lowest BCUT2D eigenvalue weighted by atomic mass is 9.70. The second kappa shape index (κ2) is 10.4. The summed E-state index contributed by atoms with van der Waals surface area (Å²) in [4.78, 5) is 2.76. The highest BCUT2D eigenvalue weighted by Crippen LogP contribution is 2.42. The van der Waals surface area contributed by atoms with Crippen molar-refractivity contribution in [3.63, 3.8) is 0 Å². The van der Waals surface area contributed by atoms with Crippen LogP contribution in [-0.4, -0.2) is 24.0 Å². The van der Waals surface area contributed by atoms with Crippen molar-refractivity contribution in [1.82, 2.24) is 4.90 Å². The standard InChI is InChI=1S/C22H40N2/c1-3-5-6-7-8-14-22(19-23)15-10-21(11-16-22)24-17-12-20(9-4-2)13-18-24/h20-21H,3-18H2,1-2H3. The predicted molar refractivity (Wildman–Crippen MR) is 103 cm³/mol. The van der Waals surface area contributed by atoms with Gasteiger partial charge in [-0.15, -0.1) is 0 Å². The molecular formula is C22H40N2. The Morgan fingerprint density at radius 2 is 1.58 bits per heavy atom. The molecule has 0 radical (unpaired) electrons. The van der Waals surface area contributed by atoms with E-state index in [0.29, 0.717) is 0 Å². The zero-order valence-corrected chi connectivity index (χ0v) is 16.4. The maximum Gasteiger partial charge on any atom is 0.0689 e. The van der Waals surface area contributed by atoms with Gasteiger partial charge in [-0.25, -0.2) is 0 Å². The van der Waals surface area contributed by atoms with Crippen molar-refractivity contribution in [1.29, 1.82) is 5.26 Å². The van der Waals surface area contributed by atoms with E-state index in [1.807, 2.05) is 0 Å². The average Bonchev–Trinajstić information content (AvgIpc) is 2.63. The Hall–Kier alpha value is -0.550. The van der Waals surface area contributed by atoms with Crippen molar-refractivity contribution in [3.8, 4) is 6.07 Å². The summed E-state index contributed by atoms with van der Waals surface area (Å²) in [5.74, 6) is 0.983. The smallest absolute Gasteiger partial charge is 0.0689 e. The first-order chi connectivity index (χ1) is 11.7. The second-order valence-electron chi connectivity index (χ2n) is 8.56. The van der Waals surface area contributed by atoms with Crippen molar-refractivity contribution in [3.05, 3.63) is 0 Å². The lowest BCUT2D eigenvalue weighted by molar-refractivity contribution is 0.0758. The lowest BCUT2D eigenvalue weighted by Gasteiger charge is -2.43. The number of piperidine rings is 1. The van der Waals surface area contributed by atoms with Crippen molar-refractivity contribution in [2.24, 2.45) is 11.3 Å². The van der Waals surface area contributed by atoms with E-state index in [-0.39, 0.29) is 5.41 Å². The number of likely N-dealkylation sites (tertiary alicyclic amines) is 1. The quantitative estimate of drug-likeness (QED) is 0.462. The van der Waals surface area contributed by atoms with E-state index in [9.17, 15) is 5.26 Å². The monoisotopic (exact) mass is 332 g/mol. The molecule has 1 saturated carbocycles. The molecule has 2 rings (SSSR count). The van der Waals surface area contributed by atoms with Gasteiger partial charge in [-0.2, -0.15) is 5.26 Å². The fourth-order valence-corrected chi connectivity index (χ4v) is 5.02. The van der Waals surface area contributed by atoms with E-state index in [1.165, 1.54) is 83.7 Å². The largest absolute Gasteiger partial charge is 0.300 e. The molecule has 0 N–H and O–H groups in total. The van der Waals surface area contributed by atoms with Crippen molar-refractivity contribution in [2.45, 2.75) is 110 Å². The van der Waals surface area contributed by atoms with Crippen LogP contribution in [0.1, 0.15) is 104 Å². The maximum absolute atomic E-state index is 9.77. The van der Waals surface area contributed by atoms with Gasteiger partial charge in [-0.05, 0) is 64.0 Å². The number of hydrogen-bond acceptors (Lipinski definition) is 2. The Morgan fingerprint density at radius 1 is 0.917 bits per heavy atom. The topological polar surface area (TPSA) is 27.0 Å². The highest BCUT2D eigenvalue weighted by molar-refractivity contribution is 5.03. The molecule has 0 aromatic carbocycles. The highest BCUT2D eigenvalue weighted by Gasteiger charge is 2.37. The third-order valence-electron chi connectivity index (χ3n) is 6.77. The summed E-state index contributed by atoms with van der Waals surface area (Å²) in [6.45, 7) is 7.21. The molecule has 1 aliphatic carbocycles. The van der Waals surface area contributed by atoms with Crippen molar-refractivity contribution < 1.29 is 0 Å². The van der Waals surface area contributed by atoms with Gasteiger partial charge >= 0.3 is 0 Å². The van der Waals surface area contributed by atoms with Gasteiger partial charge in [-0.3, -0.25) is 0 Å². The predicted octanol–water partition coefficient (Wildman–Crippen LogP) is 6.31. The van der Waals surface area contributed by atoms with Gasteiger partial charge in [0.1, 0.15) is 0 Å². The zero-order chi connectivity index (χ0) is 17.3. The molecule has 1 aliphatic heterocycles. The molecule has 2 aliphatic rings. The maximum atomic E-state index is 9.77. The molecule has 2 fully saturated rings. The van der Waals surface area contributed by atoms with Crippen LogP contribution in [0.4, 0.5) is 0 Å². The Kier molecular flexibility index (Phi) is 8.60. The Labute approximate surface area is 151 Å². The first-order valence-electron chi connectivity index (χ1n) is 10.9. The van der Waals surface area contributed by atoms with E-state index in [0.717, 1.165) is 31.2 Å². The molecule has 0 atom stereocenters. The molecule has 1 heterocycles. The third-order valence-corrected chi connectivity index (χ3v) is 6.77. The van der Waals surface area contributed by atoms with E-state index in [2.05, 4.69) is 24.8 Å². The number of nitrogens with zero attached hydrogens (tertiary/aromatic N) is 2. The SMILES string of the molecule is CCCCCCCC1(C#N)CCC(N2CCC(CCC)CC2)CC1. The third kappa shape index (κ3) is 5.76. The molecule has 0 amide bonds. The van der Waals surface area contributed by atoms with Crippen LogP contribution in [0.15, 0.2) is 0 Å². The fourth-order valence-electron chi connectivity index (χ4n) is 5.02. The summed E-state index contributed by atoms with van der Waals surface area (Å²) < 4.78 is 0. The minimum atomic E-state index is 0.0171. The molecule has 138 valence electrons. The minimum absolute atomic E-state index is 0.0171. The molecule has 2 nitrogen and oxygen atoms in total. The summed E-state index contributed by atoms with van der Waals surface area (Å²) in [5.41, 5.74) is 0.0171. The van der Waals surface area contributed by atoms with E-state index in [1.54, 1.807) is 0 Å². The molecule has 0 unspecified atom stereocenters. The summed E-state index contributed by atoms with van der Waals surface area (Å²) in [6.07, 6.45) is 18.2. The number of unbranched alkanes of at least 4 members (excludes halogenated alkanes) is 4. The number of nitriles is 1. The average molecular weight is 333 g/mol. The van der Waals surface area contributed by atoms with Crippen LogP contribution < -0.4 is 0 Å². The van der Waals surface area contributed by atoms with Crippen LogP contribution in [0.25, 0.3) is 0 Å². The van der Waals surface area contributed by atoms with Crippen LogP contribution in [0.3, 0.4) is 0 Å². The van der Waals surface area contributed by atoms with Gasteiger partial charge in [0.25, 0.3) is 0 Å². The van der Waals surface area contributed by atoms with Gasteiger partial charge < -0.3 is 4.90 Å². The molecule has 24 heavy (non-hydrogen) atoms. The van der Waals surface area contributed by atoms with Gasteiger partial charge in [-0.1, -0.05) is 58.8 Å². The summed E-state index contributed by atoms with van der Waals surface area (Å²) in [5, 5.41) is 9.77. The summed E-state index contributed by atoms with van der Waals surface area (Å²) in [6, 6.07) is 3.51. The first kappa shape index (κ1) is 19.8. The van der Waals surface area contributed by atoms with Crippen molar-refractivity contribution in [2.75, 3.05) is 13.1 Å². The summed E-state index contributed by atoms with van der Waals surface area (Å²) in [7, 11) is 0. The fraction of sp³-hybridized carbons (Fsp3) is 0.955. The minimum Gasteiger partial charge on any atom is -0.300 e. The molecule has 0 aromatic rings. The lowest BCUT2D eigenvalue weighted by Crippen LogP contribution is -2.44. The van der Waals surface area contributed by atoms with Crippen LogP contribution in [0.5, 0.6) is 0 Å². The number of hydrogen-bond donors (Lipinski definition) is 0. The van der Waals surface area contributed by atoms with Crippen LogP contribution in [0, 0.1) is 22.7 Å². The van der Waals surface area contributed by atoms with Crippen LogP contribution >= 0.6 is 0 Å². The molecule has 1 saturated heterocycles. The Balaban J connectivity index is 1.70. The van der Waals surface area contributed by atoms with Gasteiger partial charge in [0.15, 0.2) is 0 Å². The highest BCUT2D eigenvalue weighted by atomic mass is 15.2. The van der Waals surface area contributed by atoms with E-state index < -0.39 is 0 Å². The molecule has 0 bridgehead atoms.